The second-order valence-electron chi connectivity index (χ2n) is 6.78. The van der Waals surface area contributed by atoms with Crippen LogP contribution in [0, 0.1) is 19.8 Å². The maximum absolute atomic E-state index is 5.58. The third kappa shape index (κ3) is 3.40. The van der Waals surface area contributed by atoms with Crippen LogP contribution in [0.1, 0.15) is 37.2 Å². The van der Waals surface area contributed by atoms with E-state index in [2.05, 4.69) is 56.6 Å². The van der Waals surface area contributed by atoms with Crippen molar-refractivity contribution in [3.8, 4) is 11.4 Å². The summed E-state index contributed by atoms with van der Waals surface area (Å²) in [6.07, 6.45) is 3.44. The Labute approximate surface area is 160 Å². The Morgan fingerprint density at radius 2 is 2.00 bits per heavy atom. The molecule has 0 fully saturated rings. The summed E-state index contributed by atoms with van der Waals surface area (Å²) in [6.45, 7) is 8.19. The highest BCUT2D eigenvalue weighted by molar-refractivity contribution is 7.17. The summed E-state index contributed by atoms with van der Waals surface area (Å²) in [5.74, 6) is 2.81. The lowest BCUT2D eigenvalue weighted by Gasteiger charge is -2.20. The van der Waals surface area contributed by atoms with Crippen molar-refractivity contribution in [1.82, 2.24) is 25.1 Å². The summed E-state index contributed by atoms with van der Waals surface area (Å²) in [4.78, 5) is 18.8. The van der Waals surface area contributed by atoms with E-state index in [0.29, 0.717) is 11.7 Å². The summed E-state index contributed by atoms with van der Waals surface area (Å²) < 4.78 is 5.58. The number of nitrogens with zero attached hydrogens (tertiary/aromatic N) is 5. The average molecular weight is 380 g/mol. The first kappa shape index (κ1) is 17.5. The lowest BCUT2D eigenvalue weighted by molar-refractivity contribution is 0.335. The van der Waals surface area contributed by atoms with Crippen LogP contribution >= 0.6 is 11.3 Å². The predicted octanol–water partition coefficient (Wildman–Crippen LogP) is 4.56. The van der Waals surface area contributed by atoms with Crippen molar-refractivity contribution in [3.05, 3.63) is 47.2 Å². The fraction of sp³-hybridized carbons (Fsp3) is 0.316. The molecule has 4 rings (SSSR count). The maximum Gasteiger partial charge on any atom is 0.249 e. The van der Waals surface area contributed by atoms with Gasteiger partial charge in [-0.1, -0.05) is 19.0 Å². The molecule has 1 atom stereocenters. The molecular formula is C19H20N6OS. The van der Waals surface area contributed by atoms with E-state index in [4.69, 9.17) is 4.52 Å². The van der Waals surface area contributed by atoms with Crippen molar-refractivity contribution in [2.75, 3.05) is 5.32 Å². The third-order valence-electron chi connectivity index (χ3n) is 4.32. The van der Waals surface area contributed by atoms with Gasteiger partial charge in [0.2, 0.25) is 11.7 Å². The fourth-order valence-corrected chi connectivity index (χ4v) is 3.90. The van der Waals surface area contributed by atoms with E-state index in [0.717, 1.165) is 33.0 Å². The van der Waals surface area contributed by atoms with Crippen LogP contribution in [0.2, 0.25) is 0 Å². The molecule has 1 unspecified atom stereocenters. The van der Waals surface area contributed by atoms with Crippen molar-refractivity contribution < 1.29 is 4.52 Å². The number of anilines is 1. The van der Waals surface area contributed by atoms with Crippen molar-refractivity contribution in [1.29, 1.82) is 0 Å². The molecule has 0 saturated carbocycles. The zero-order valence-electron chi connectivity index (χ0n) is 15.6. The lowest BCUT2D eigenvalue weighted by atomic mass is 10.0. The fourth-order valence-electron chi connectivity index (χ4n) is 2.93. The Morgan fingerprint density at radius 3 is 2.74 bits per heavy atom. The van der Waals surface area contributed by atoms with Crippen LogP contribution < -0.4 is 5.32 Å². The summed E-state index contributed by atoms with van der Waals surface area (Å²) in [6, 6.07) is 3.59. The first-order valence-electron chi connectivity index (χ1n) is 8.76. The van der Waals surface area contributed by atoms with Gasteiger partial charge in [0.05, 0.1) is 5.39 Å². The van der Waals surface area contributed by atoms with Crippen LogP contribution in [-0.2, 0) is 0 Å². The minimum absolute atomic E-state index is 0.167. The molecule has 4 aromatic heterocycles. The molecule has 1 N–H and O–H groups in total. The molecule has 138 valence electrons. The molecule has 8 heteroatoms. The van der Waals surface area contributed by atoms with Crippen LogP contribution in [0.5, 0.6) is 0 Å². The Bertz CT molecular complexity index is 1070. The molecule has 0 radical (unpaired) electrons. The highest BCUT2D eigenvalue weighted by atomic mass is 32.1. The van der Waals surface area contributed by atoms with Gasteiger partial charge in [-0.25, -0.2) is 9.97 Å². The van der Waals surface area contributed by atoms with Crippen LogP contribution in [0.4, 0.5) is 5.82 Å². The molecule has 0 saturated heterocycles. The predicted molar refractivity (Wildman–Crippen MR) is 106 cm³/mol. The van der Waals surface area contributed by atoms with Gasteiger partial charge in [0.25, 0.3) is 0 Å². The Morgan fingerprint density at radius 1 is 1.15 bits per heavy atom. The van der Waals surface area contributed by atoms with Crippen molar-refractivity contribution >= 4 is 27.4 Å². The van der Waals surface area contributed by atoms with Gasteiger partial charge >= 0.3 is 0 Å². The molecule has 0 spiro atoms. The van der Waals surface area contributed by atoms with Gasteiger partial charge in [0, 0.05) is 18.0 Å². The van der Waals surface area contributed by atoms with E-state index in [1.54, 1.807) is 23.7 Å². The summed E-state index contributed by atoms with van der Waals surface area (Å²) in [5.41, 5.74) is 1.98. The van der Waals surface area contributed by atoms with Crippen molar-refractivity contribution in [3.63, 3.8) is 0 Å². The van der Waals surface area contributed by atoms with Gasteiger partial charge in [0.15, 0.2) is 0 Å². The lowest BCUT2D eigenvalue weighted by Crippen LogP contribution is -2.18. The van der Waals surface area contributed by atoms with Gasteiger partial charge < -0.3 is 9.84 Å². The second kappa shape index (κ2) is 7.03. The van der Waals surface area contributed by atoms with Gasteiger partial charge in [-0.2, -0.15) is 4.98 Å². The normalized spacial score (nSPS) is 12.6. The molecule has 7 nitrogen and oxygen atoms in total. The molecule has 0 aliphatic rings. The number of nitrogens with one attached hydrogen (secondary N) is 1. The molecule has 27 heavy (non-hydrogen) atoms. The number of hydrogen-bond donors (Lipinski definition) is 1. The molecule has 0 amide bonds. The average Bonchev–Trinajstić information content (AvgIpc) is 3.27. The minimum Gasteiger partial charge on any atom is -0.358 e. The largest absolute Gasteiger partial charge is 0.358 e. The topological polar surface area (TPSA) is 89.6 Å². The van der Waals surface area contributed by atoms with Gasteiger partial charge in [-0.3, -0.25) is 4.98 Å². The highest BCUT2D eigenvalue weighted by Crippen LogP contribution is 2.33. The Hall–Kier alpha value is -2.87. The van der Waals surface area contributed by atoms with Crippen LogP contribution in [0.3, 0.4) is 0 Å². The quantitative estimate of drug-likeness (QED) is 0.543. The first-order chi connectivity index (χ1) is 13.0. The third-order valence-corrected chi connectivity index (χ3v) is 5.31. The summed E-state index contributed by atoms with van der Waals surface area (Å²) in [5, 5.41) is 10.8. The number of fused-ring (bicyclic) bond motifs is 1. The zero-order valence-corrected chi connectivity index (χ0v) is 16.4. The molecule has 0 aliphatic carbocycles. The van der Waals surface area contributed by atoms with E-state index >= 15 is 0 Å². The van der Waals surface area contributed by atoms with E-state index < -0.39 is 0 Å². The number of aryl methyl sites for hydroxylation is 2. The zero-order chi connectivity index (χ0) is 19.0. The van der Waals surface area contributed by atoms with Gasteiger partial charge in [0.1, 0.15) is 22.5 Å². The van der Waals surface area contributed by atoms with Crippen LogP contribution in [0.25, 0.3) is 21.6 Å². The van der Waals surface area contributed by atoms with Gasteiger partial charge in [-0.15, -0.1) is 11.3 Å². The molecule has 4 heterocycles. The number of pyridine rings is 1. The maximum atomic E-state index is 5.58. The number of thiophene rings is 1. The molecule has 4 aromatic rings. The molecule has 0 bridgehead atoms. The summed E-state index contributed by atoms with van der Waals surface area (Å²) >= 11 is 1.63. The Kier molecular flexibility index (Phi) is 4.57. The Balaban J connectivity index is 1.71. The highest BCUT2D eigenvalue weighted by Gasteiger charge is 2.25. The van der Waals surface area contributed by atoms with Gasteiger partial charge in [-0.05, 0) is 42.8 Å². The van der Waals surface area contributed by atoms with Crippen molar-refractivity contribution in [2.45, 2.75) is 33.7 Å². The smallest absolute Gasteiger partial charge is 0.249 e. The molecular weight excluding hydrogens is 360 g/mol. The monoisotopic (exact) mass is 380 g/mol. The standard InChI is InChI=1S/C19H20N6OS/c1-10(2)15(18-24-16(25-26-18)13-6-5-7-20-8-13)23-17-14-11(3)9-27-19(14)22-12(4)21-17/h5-10,15H,1-4H3,(H,21,22,23). The second-order valence-corrected chi connectivity index (χ2v) is 7.64. The van der Waals surface area contributed by atoms with Crippen LogP contribution in [-0.4, -0.2) is 25.1 Å². The van der Waals surface area contributed by atoms with E-state index in [1.807, 2.05) is 19.1 Å². The van der Waals surface area contributed by atoms with Crippen molar-refractivity contribution in [2.24, 2.45) is 5.92 Å². The number of rotatable bonds is 5. The van der Waals surface area contributed by atoms with Crippen LogP contribution in [0.15, 0.2) is 34.4 Å². The van der Waals surface area contributed by atoms with E-state index in [-0.39, 0.29) is 12.0 Å². The summed E-state index contributed by atoms with van der Waals surface area (Å²) in [7, 11) is 0. The number of aromatic nitrogens is 5. The first-order valence-corrected chi connectivity index (χ1v) is 9.64. The minimum atomic E-state index is -0.167. The SMILES string of the molecule is Cc1nc(NC(c2nc(-c3cccnc3)no2)C(C)C)c2c(C)csc2n1. The van der Waals surface area contributed by atoms with E-state index in [9.17, 15) is 0 Å². The number of hydrogen-bond acceptors (Lipinski definition) is 8. The van der Waals surface area contributed by atoms with E-state index in [1.165, 1.54) is 0 Å². The molecule has 0 aromatic carbocycles. The molecule has 0 aliphatic heterocycles.